The summed E-state index contributed by atoms with van der Waals surface area (Å²) in [6.45, 7) is 2.35. The minimum Gasteiger partial charge on any atom is -0.493 e. The number of hydrogen-bond acceptors (Lipinski definition) is 3. The molecule has 0 atom stereocenters. The molecule has 0 radical (unpaired) electrons. The molecule has 122 valence electrons. The van der Waals surface area contributed by atoms with Gasteiger partial charge in [0.25, 0.3) is 5.91 Å². The van der Waals surface area contributed by atoms with Crippen LogP contribution in [0.2, 0.25) is 10.0 Å². The van der Waals surface area contributed by atoms with Crippen molar-refractivity contribution >= 4 is 40.9 Å². The lowest BCUT2D eigenvalue weighted by Crippen LogP contribution is -2.13. The van der Waals surface area contributed by atoms with Gasteiger partial charge >= 0.3 is 0 Å². The van der Waals surface area contributed by atoms with Crippen LogP contribution >= 0.6 is 23.2 Å². The molecule has 0 spiro atoms. The number of anilines is 1. The molecular formula is C18H14Cl2N2O2. The van der Waals surface area contributed by atoms with Crippen LogP contribution in [0.3, 0.4) is 0 Å². The van der Waals surface area contributed by atoms with Gasteiger partial charge in [0.2, 0.25) is 0 Å². The third kappa shape index (κ3) is 4.51. The van der Waals surface area contributed by atoms with E-state index >= 15 is 0 Å². The lowest BCUT2D eigenvalue weighted by atomic mass is 10.1. The largest absolute Gasteiger partial charge is 0.493 e. The Balaban J connectivity index is 2.26. The quantitative estimate of drug-likeness (QED) is 0.606. The summed E-state index contributed by atoms with van der Waals surface area (Å²) in [5.74, 6) is 0.0669. The van der Waals surface area contributed by atoms with Gasteiger partial charge in [0.1, 0.15) is 17.4 Å². The first kappa shape index (κ1) is 17.9. The number of para-hydroxylation sites is 1. The Labute approximate surface area is 150 Å². The average Bonchev–Trinajstić information content (AvgIpc) is 2.57. The minimum atomic E-state index is -0.540. The fourth-order valence-electron chi connectivity index (χ4n) is 1.96. The van der Waals surface area contributed by atoms with E-state index in [1.807, 2.05) is 19.1 Å². The molecular weight excluding hydrogens is 347 g/mol. The van der Waals surface area contributed by atoms with Crippen LogP contribution in [-0.2, 0) is 4.79 Å². The molecule has 6 heteroatoms. The second-order valence-electron chi connectivity index (χ2n) is 4.72. The molecule has 2 aromatic rings. The van der Waals surface area contributed by atoms with Crippen molar-refractivity contribution in [3.05, 3.63) is 63.6 Å². The topological polar surface area (TPSA) is 62.1 Å². The van der Waals surface area contributed by atoms with E-state index in [1.54, 1.807) is 30.3 Å². The number of carbonyl (C=O) groups is 1. The molecule has 0 aromatic heterocycles. The summed E-state index contributed by atoms with van der Waals surface area (Å²) < 4.78 is 5.49. The number of rotatable bonds is 5. The summed E-state index contributed by atoms with van der Waals surface area (Å²) >= 11 is 11.8. The van der Waals surface area contributed by atoms with E-state index in [0.717, 1.165) is 0 Å². The summed E-state index contributed by atoms with van der Waals surface area (Å²) in [6.07, 6.45) is 1.48. The summed E-state index contributed by atoms with van der Waals surface area (Å²) in [5, 5.41) is 12.6. The molecule has 2 rings (SSSR count). The fraction of sp³-hybridized carbons (Fsp3) is 0.111. The molecule has 0 aliphatic heterocycles. The third-order valence-electron chi connectivity index (χ3n) is 3.06. The second-order valence-corrected chi connectivity index (χ2v) is 5.54. The summed E-state index contributed by atoms with van der Waals surface area (Å²) in [7, 11) is 0. The Bertz CT molecular complexity index is 826. The van der Waals surface area contributed by atoms with Crippen molar-refractivity contribution in [3.63, 3.8) is 0 Å². The Morgan fingerprint density at radius 3 is 2.67 bits per heavy atom. The maximum absolute atomic E-state index is 12.3. The van der Waals surface area contributed by atoms with Crippen LogP contribution in [0.1, 0.15) is 12.5 Å². The Hall–Kier alpha value is -2.48. The van der Waals surface area contributed by atoms with E-state index < -0.39 is 5.91 Å². The van der Waals surface area contributed by atoms with Gasteiger partial charge in [0, 0.05) is 11.3 Å². The fourth-order valence-corrected chi connectivity index (χ4v) is 2.26. The normalized spacial score (nSPS) is 10.8. The highest BCUT2D eigenvalue weighted by Gasteiger charge is 2.12. The first-order chi connectivity index (χ1) is 11.5. The highest BCUT2D eigenvalue weighted by atomic mass is 35.5. The lowest BCUT2D eigenvalue weighted by molar-refractivity contribution is -0.112. The summed E-state index contributed by atoms with van der Waals surface area (Å²) in [4.78, 5) is 12.3. The van der Waals surface area contributed by atoms with Crippen LogP contribution in [0.25, 0.3) is 6.08 Å². The predicted octanol–water partition coefficient (Wildman–Crippen LogP) is 4.94. The SMILES string of the molecule is CCOc1ccccc1/C=C(\C#N)C(=O)Nc1ccc(Cl)c(Cl)c1. The number of nitrogens with zero attached hydrogens (tertiary/aromatic N) is 1. The van der Waals surface area contributed by atoms with Crippen LogP contribution in [0.5, 0.6) is 5.75 Å². The van der Waals surface area contributed by atoms with Crippen LogP contribution < -0.4 is 10.1 Å². The van der Waals surface area contributed by atoms with Crippen molar-refractivity contribution in [2.75, 3.05) is 11.9 Å². The number of hydrogen-bond donors (Lipinski definition) is 1. The molecule has 0 fully saturated rings. The van der Waals surface area contributed by atoms with E-state index in [-0.39, 0.29) is 5.57 Å². The van der Waals surface area contributed by atoms with Crippen molar-refractivity contribution in [1.82, 2.24) is 0 Å². The zero-order valence-corrected chi connectivity index (χ0v) is 14.4. The van der Waals surface area contributed by atoms with Crippen LogP contribution in [0, 0.1) is 11.3 Å². The van der Waals surface area contributed by atoms with Gasteiger partial charge < -0.3 is 10.1 Å². The van der Waals surface area contributed by atoms with E-state index in [1.165, 1.54) is 12.1 Å². The standard InChI is InChI=1S/C18H14Cl2N2O2/c1-2-24-17-6-4-3-5-12(17)9-13(11-21)18(23)22-14-7-8-15(19)16(20)10-14/h3-10H,2H2,1H3,(H,22,23)/b13-9+. The third-order valence-corrected chi connectivity index (χ3v) is 3.80. The molecule has 0 saturated heterocycles. The first-order valence-electron chi connectivity index (χ1n) is 7.15. The Morgan fingerprint density at radius 2 is 2.00 bits per heavy atom. The molecule has 0 bridgehead atoms. The van der Waals surface area contributed by atoms with Gasteiger partial charge in [-0.3, -0.25) is 4.79 Å². The van der Waals surface area contributed by atoms with E-state index in [0.29, 0.717) is 33.7 Å². The van der Waals surface area contributed by atoms with E-state index in [9.17, 15) is 10.1 Å². The Kier molecular flexibility index (Phi) is 6.25. The molecule has 0 saturated carbocycles. The lowest BCUT2D eigenvalue weighted by Gasteiger charge is -2.08. The number of amides is 1. The van der Waals surface area contributed by atoms with Crippen molar-refractivity contribution in [2.45, 2.75) is 6.92 Å². The van der Waals surface area contributed by atoms with Crippen LogP contribution in [-0.4, -0.2) is 12.5 Å². The van der Waals surface area contributed by atoms with Crippen molar-refractivity contribution in [1.29, 1.82) is 5.26 Å². The van der Waals surface area contributed by atoms with Gasteiger partial charge in [-0.1, -0.05) is 41.4 Å². The zero-order chi connectivity index (χ0) is 17.5. The van der Waals surface area contributed by atoms with Gasteiger partial charge in [0.15, 0.2) is 0 Å². The molecule has 2 aromatic carbocycles. The van der Waals surface area contributed by atoms with Crippen molar-refractivity contribution in [2.24, 2.45) is 0 Å². The van der Waals surface area contributed by atoms with Gasteiger partial charge in [0.05, 0.1) is 16.7 Å². The summed E-state index contributed by atoms with van der Waals surface area (Å²) in [6, 6.07) is 13.8. The second kappa shape index (κ2) is 8.39. The molecule has 0 unspecified atom stereocenters. The minimum absolute atomic E-state index is 0.0479. The van der Waals surface area contributed by atoms with Gasteiger partial charge in [-0.15, -0.1) is 0 Å². The molecule has 24 heavy (non-hydrogen) atoms. The predicted molar refractivity (Wildman–Crippen MR) is 96.3 cm³/mol. The monoisotopic (exact) mass is 360 g/mol. The van der Waals surface area contributed by atoms with Crippen LogP contribution in [0.15, 0.2) is 48.0 Å². The summed E-state index contributed by atoms with van der Waals surface area (Å²) in [5.41, 5.74) is 1.06. The maximum Gasteiger partial charge on any atom is 0.266 e. The van der Waals surface area contributed by atoms with Gasteiger partial charge in [-0.25, -0.2) is 0 Å². The van der Waals surface area contributed by atoms with Crippen molar-refractivity contribution < 1.29 is 9.53 Å². The highest BCUT2D eigenvalue weighted by Crippen LogP contribution is 2.26. The molecule has 1 amide bonds. The van der Waals surface area contributed by atoms with Crippen molar-refractivity contribution in [3.8, 4) is 11.8 Å². The van der Waals surface area contributed by atoms with Crippen LogP contribution in [0.4, 0.5) is 5.69 Å². The zero-order valence-electron chi connectivity index (χ0n) is 12.8. The molecule has 0 aliphatic rings. The molecule has 4 nitrogen and oxygen atoms in total. The number of nitrogens with one attached hydrogen (secondary N) is 1. The van der Waals surface area contributed by atoms with Gasteiger partial charge in [-0.2, -0.15) is 5.26 Å². The highest BCUT2D eigenvalue weighted by molar-refractivity contribution is 6.42. The van der Waals surface area contributed by atoms with Gasteiger partial charge in [-0.05, 0) is 37.3 Å². The number of carbonyl (C=O) groups excluding carboxylic acids is 1. The number of benzene rings is 2. The average molecular weight is 361 g/mol. The molecule has 1 N–H and O–H groups in total. The maximum atomic E-state index is 12.3. The first-order valence-corrected chi connectivity index (χ1v) is 7.90. The Morgan fingerprint density at radius 1 is 1.25 bits per heavy atom. The smallest absolute Gasteiger partial charge is 0.266 e. The number of halogens is 2. The number of ether oxygens (including phenoxy) is 1. The van der Waals surface area contributed by atoms with E-state index in [4.69, 9.17) is 27.9 Å². The van der Waals surface area contributed by atoms with E-state index in [2.05, 4.69) is 5.32 Å². The molecule has 0 aliphatic carbocycles. The number of nitriles is 1. The molecule has 0 heterocycles.